The lowest BCUT2D eigenvalue weighted by Gasteiger charge is -2.40. The molecule has 28 heavy (non-hydrogen) atoms. The zero-order chi connectivity index (χ0) is 19.1. The molecule has 1 saturated heterocycles. The molecule has 3 nitrogen and oxygen atoms in total. The largest absolute Gasteiger partial charge is 0.496 e. The normalized spacial score (nSPS) is 28.0. The maximum Gasteiger partial charge on any atom is 0.193 e. The molecule has 2 aliphatic carbocycles. The van der Waals surface area contributed by atoms with Gasteiger partial charge in [-0.15, -0.1) is 0 Å². The fraction of sp³-hybridized carbons (Fsp3) is 0.542. The summed E-state index contributed by atoms with van der Waals surface area (Å²) in [6.07, 6.45) is 8.17. The first-order chi connectivity index (χ1) is 13.7. The molecule has 4 heteroatoms. The minimum Gasteiger partial charge on any atom is -0.496 e. The quantitative estimate of drug-likeness (QED) is 0.639. The van der Waals surface area contributed by atoms with Crippen LogP contribution in [0.5, 0.6) is 5.75 Å². The van der Waals surface area contributed by atoms with Crippen LogP contribution in [0.4, 0.5) is 0 Å². The third-order valence-electron chi connectivity index (χ3n) is 7.41. The lowest BCUT2D eigenvalue weighted by atomic mass is 9.85. The molecule has 0 unspecified atom stereocenters. The first-order valence-electron chi connectivity index (χ1n) is 10.7. The van der Waals surface area contributed by atoms with Crippen molar-refractivity contribution in [2.45, 2.75) is 50.5 Å². The molecule has 3 atom stereocenters. The van der Waals surface area contributed by atoms with E-state index < -0.39 is 0 Å². The maximum atomic E-state index is 12.8. The number of ether oxygens (including phenoxy) is 1. The minimum absolute atomic E-state index is 0.115. The highest BCUT2D eigenvalue weighted by atomic mass is 32.1. The van der Waals surface area contributed by atoms with Gasteiger partial charge in [0.2, 0.25) is 0 Å². The molecule has 3 aliphatic rings. The van der Waals surface area contributed by atoms with E-state index in [0.29, 0.717) is 5.92 Å². The zero-order valence-electron chi connectivity index (χ0n) is 16.6. The minimum atomic E-state index is 0.115. The number of hydrogen-bond donors (Lipinski definition) is 0. The molecule has 0 radical (unpaired) electrons. The van der Waals surface area contributed by atoms with Crippen molar-refractivity contribution in [2.75, 3.05) is 20.2 Å². The topological polar surface area (TPSA) is 29.5 Å². The molecule has 5 rings (SSSR count). The van der Waals surface area contributed by atoms with E-state index in [-0.39, 0.29) is 5.78 Å². The molecule has 0 N–H and O–H groups in total. The number of carbonyl (C=O) groups excluding carboxylic acids is 1. The van der Waals surface area contributed by atoms with E-state index in [1.165, 1.54) is 57.2 Å². The highest BCUT2D eigenvalue weighted by molar-refractivity contribution is 7.08. The Kier molecular flexibility index (Phi) is 5.02. The van der Waals surface area contributed by atoms with E-state index in [1.807, 2.05) is 29.0 Å². The Labute approximate surface area is 171 Å². The fourth-order valence-corrected chi connectivity index (χ4v) is 6.59. The molecule has 1 aromatic carbocycles. The van der Waals surface area contributed by atoms with Crippen LogP contribution < -0.4 is 4.74 Å². The van der Waals surface area contributed by atoms with E-state index in [4.69, 9.17) is 4.74 Å². The number of fused-ring (bicyclic) bond motifs is 2. The van der Waals surface area contributed by atoms with Gasteiger partial charge >= 0.3 is 0 Å². The van der Waals surface area contributed by atoms with Crippen LogP contribution in [0.1, 0.15) is 65.9 Å². The maximum absolute atomic E-state index is 12.8. The standard InChI is InChI=1S/C24H29NO2S/c1-27-23-5-4-19(24(26)20-8-11-28-15-20)14-21(23)17-6-9-25(10-7-17)22-13-16-2-3-18(22)12-16/h4-5,8,11,14-18,22H,2-3,6-7,9-10,12-13H2,1H3/t16-,18-,22-/m0/s1. The van der Waals surface area contributed by atoms with E-state index in [1.54, 1.807) is 18.4 Å². The second-order valence-corrected chi connectivity index (χ2v) is 9.63. The molecule has 3 fully saturated rings. The number of nitrogens with zero attached hydrogens (tertiary/aromatic N) is 1. The monoisotopic (exact) mass is 395 g/mol. The second-order valence-electron chi connectivity index (χ2n) is 8.85. The molecule has 2 aromatic rings. The lowest BCUT2D eigenvalue weighted by molar-refractivity contribution is 0.103. The third kappa shape index (κ3) is 3.31. The summed E-state index contributed by atoms with van der Waals surface area (Å²) in [5, 5.41) is 3.89. The molecular weight excluding hydrogens is 366 g/mol. The van der Waals surface area contributed by atoms with Gasteiger partial charge in [-0.3, -0.25) is 4.79 Å². The van der Waals surface area contributed by atoms with E-state index in [2.05, 4.69) is 11.0 Å². The number of thiophene rings is 1. The molecule has 0 spiro atoms. The van der Waals surface area contributed by atoms with Gasteiger partial charge in [0.1, 0.15) is 5.75 Å². The summed E-state index contributed by atoms with van der Waals surface area (Å²) in [6, 6.07) is 8.74. The molecule has 2 heterocycles. The highest BCUT2D eigenvalue weighted by Crippen LogP contribution is 2.48. The molecule has 1 aromatic heterocycles. The SMILES string of the molecule is COc1ccc(C(=O)c2ccsc2)cc1C1CCN([C@H]2C[C@H]3CC[C@H]2C3)CC1. The van der Waals surface area contributed by atoms with E-state index in [9.17, 15) is 4.79 Å². The average molecular weight is 396 g/mol. The van der Waals surface area contributed by atoms with Gasteiger partial charge in [0, 0.05) is 22.5 Å². The summed E-state index contributed by atoms with van der Waals surface area (Å²) in [5.41, 5.74) is 2.79. The van der Waals surface area contributed by atoms with Crippen LogP contribution in [0, 0.1) is 11.8 Å². The van der Waals surface area contributed by atoms with Gasteiger partial charge in [0.05, 0.1) is 7.11 Å². The van der Waals surface area contributed by atoms with Crippen molar-refractivity contribution >= 4 is 17.1 Å². The Balaban J connectivity index is 1.31. The molecule has 2 saturated carbocycles. The number of likely N-dealkylation sites (tertiary alicyclic amines) is 1. The average Bonchev–Trinajstić information content (AvgIpc) is 3.51. The van der Waals surface area contributed by atoms with Crippen LogP contribution in [0.15, 0.2) is 35.0 Å². The summed E-state index contributed by atoms with van der Waals surface area (Å²) in [5.74, 6) is 3.50. The van der Waals surface area contributed by atoms with Crippen LogP contribution >= 0.6 is 11.3 Å². The Hall–Kier alpha value is -1.65. The number of benzene rings is 1. The van der Waals surface area contributed by atoms with Crippen LogP contribution in [0.3, 0.4) is 0 Å². The number of hydrogen-bond acceptors (Lipinski definition) is 4. The van der Waals surface area contributed by atoms with Crippen LogP contribution in [-0.4, -0.2) is 36.9 Å². The number of piperidine rings is 1. The van der Waals surface area contributed by atoms with Crippen molar-refractivity contribution < 1.29 is 9.53 Å². The molecule has 148 valence electrons. The van der Waals surface area contributed by atoms with Crippen molar-refractivity contribution in [2.24, 2.45) is 11.8 Å². The summed E-state index contributed by atoms with van der Waals surface area (Å²) < 4.78 is 5.67. The number of rotatable bonds is 5. The fourth-order valence-electron chi connectivity index (χ4n) is 5.96. The Bertz CT molecular complexity index is 838. The van der Waals surface area contributed by atoms with Gasteiger partial charge in [-0.05, 0) is 98.2 Å². The van der Waals surface area contributed by atoms with Crippen molar-refractivity contribution in [1.29, 1.82) is 0 Å². The van der Waals surface area contributed by atoms with Crippen LogP contribution in [0.25, 0.3) is 0 Å². The van der Waals surface area contributed by atoms with Crippen molar-refractivity contribution in [3.63, 3.8) is 0 Å². The zero-order valence-corrected chi connectivity index (χ0v) is 17.4. The molecule has 1 aliphatic heterocycles. The first kappa shape index (κ1) is 18.4. The van der Waals surface area contributed by atoms with Gasteiger partial charge in [-0.2, -0.15) is 11.3 Å². The molecule has 2 bridgehead atoms. The Morgan fingerprint density at radius 3 is 2.57 bits per heavy atom. The highest BCUT2D eigenvalue weighted by Gasteiger charge is 2.43. The molecular formula is C24H29NO2S. The lowest BCUT2D eigenvalue weighted by Crippen LogP contribution is -2.43. The summed E-state index contributed by atoms with van der Waals surface area (Å²) in [4.78, 5) is 15.6. The second kappa shape index (κ2) is 7.64. The van der Waals surface area contributed by atoms with E-state index in [0.717, 1.165) is 34.8 Å². The smallest absolute Gasteiger partial charge is 0.193 e. The Morgan fingerprint density at radius 2 is 1.93 bits per heavy atom. The number of carbonyl (C=O) groups is 1. The predicted octanol–water partition coefficient (Wildman–Crippen LogP) is 5.36. The summed E-state index contributed by atoms with van der Waals surface area (Å²) >= 11 is 1.57. The van der Waals surface area contributed by atoms with E-state index >= 15 is 0 Å². The number of ketones is 1. The van der Waals surface area contributed by atoms with Crippen LogP contribution in [-0.2, 0) is 0 Å². The van der Waals surface area contributed by atoms with Gasteiger partial charge < -0.3 is 9.64 Å². The van der Waals surface area contributed by atoms with Gasteiger partial charge in [0.15, 0.2) is 5.78 Å². The third-order valence-corrected chi connectivity index (χ3v) is 8.10. The predicted molar refractivity (Wildman–Crippen MR) is 114 cm³/mol. The summed E-state index contributed by atoms with van der Waals surface area (Å²) in [6.45, 7) is 2.37. The first-order valence-corrected chi connectivity index (χ1v) is 11.7. The van der Waals surface area contributed by atoms with Crippen molar-refractivity contribution in [3.8, 4) is 5.75 Å². The van der Waals surface area contributed by atoms with Gasteiger partial charge in [-0.25, -0.2) is 0 Å². The van der Waals surface area contributed by atoms with Crippen molar-refractivity contribution in [3.05, 3.63) is 51.7 Å². The number of methoxy groups -OCH3 is 1. The molecule has 0 amide bonds. The van der Waals surface area contributed by atoms with Crippen LogP contribution in [0.2, 0.25) is 0 Å². The van der Waals surface area contributed by atoms with Crippen molar-refractivity contribution in [1.82, 2.24) is 4.90 Å². The summed E-state index contributed by atoms with van der Waals surface area (Å²) in [7, 11) is 1.74. The Morgan fingerprint density at radius 1 is 1.07 bits per heavy atom. The van der Waals surface area contributed by atoms with Gasteiger partial charge in [-0.1, -0.05) is 6.42 Å². The van der Waals surface area contributed by atoms with Gasteiger partial charge in [0.25, 0.3) is 0 Å².